The molecule has 1 aromatic rings. The molecule has 0 atom stereocenters. The van der Waals surface area contributed by atoms with E-state index >= 15 is 0 Å². The molecule has 2 rings (SSSR count). The second kappa shape index (κ2) is 4.92. The summed E-state index contributed by atoms with van der Waals surface area (Å²) in [6.07, 6.45) is -0.942. The summed E-state index contributed by atoms with van der Waals surface area (Å²) in [6.45, 7) is 1.69. The molecule has 0 saturated carbocycles. The maximum absolute atomic E-state index is 12.8. The van der Waals surface area contributed by atoms with Gasteiger partial charge in [0.2, 0.25) is 0 Å². The van der Waals surface area contributed by atoms with E-state index in [9.17, 15) is 13.2 Å². The summed E-state index contributed by atoms with van der Waals surface area (Å²) in [5, 5.41) is 3.18. The quantitative estimate of drug-likeness (QED) is 0.793. The number of piperidine rings is 1. The first-order chi connectivity index (χ1) is 8.07. The molecule has 0 aromatic heterocycles. The molecular weight excluding hydrogens is 227 g/mol. The van der Waals surface area contributed by atoms with Gasteiger partial charge in [-0.1, -0.05) is 29.8 Å². The van der Waals surface area contributed by atoms with Crippen molar-refractivity contribution in [1.82, 2.24) is 5.32 Å². The van der Waals surface area contributed by atoms with Gasteiger partial charge in [-0.15, -0.1) is 0 Å². The summed E-state index contributed by atoms with van der Waals surface area (Å²) in [6, 6.07) is 5.72. The van der Waals surface area contributed by atoms with Crippen LogP contribution in [0.4, 0.5) is 13.2 Å². The van der Waals surface area contributed by atoms with Gasteiger partial charge < -0.3 is 5.32 Å². The fraction of sp³-hybridized carbons (Fsp3) is 0.385. The highest BCUT2D eigenvalue weighted by Gasteiger charge is 2.32. The molecule has 1 aromatic carbocycles. The second-order valence-electron chi connectivity index (χ2n) is 4.14. The highest BCUT2D eigenvalue weighted by atomic mass is 19.4. The fourth-order valence-corrected chi connectivity index (χ4v) is 1.99. The minimum Gasteiger partial charge on any atom is -0.316 e. The van der Waals surface area contributed by atoms with Crippen LogP contribution in [0.5, 0.6) is 0 Å². The van der Waals surface area contributed by atoms with Crippen LogP contribution >= 0.6 is 0 Å². The zero-order chi connectivity index (χ0) is 12.3. The summed E-state index contributed by atoms with van der Waals surface area (Å²) in [7, 11) is 0. The summed E-state index contributed by atoms with van der Waals surface area (Å²) in [5.74, 6) is 0. The molecule has 1 N–H and O–H groups in total. The number of rotatable bonds is 1. The predicted octanol–water partition coefficient (Wildman–Crippen LogP) is 3.47. The molecular formula is C13H14F3N. The van der Waals surface area contributed by atoms with Gasteiger partial charge in [-0.3, -0.25) is 0 Å². The minimum atomic E-state index is -4.28. The molecule has 1 heterocycles. The molecule has 0 spiro atoms. The van der Waals surface area contributed by atoms with Crippen LogP contribution in [-0.4, -0.2) is 13.1 Å². The molecule has 17 heavy (non-hydrogen) atoms. The van der Waals surface area contributed by atoms with Crippen molar-refractivity contribution in [2.75, 3.05) is 13.1 Å². The van der Waals surface area contributed by atoms with Crippen molar-refractivity contribution < 1.29 is 13.2 Å². The number of benzene rings is 1. The van der Waals surface area contributed by atoms with Gasteiger partial charge in [0.05, 0.1) is 5.56 Å². The van der Waals surface area contributed by atoms with Crippen molar-refractivity contribution in [2.45, 2.75) is 19.0 Å². The van der Waals surface area contributed by atoms with E-state index < -0.39 is 11.7 Å². The largest absolute Gasteiger partial charge is 0.416 e. The summed E-state index contributed by atoms with van der Waals surface area (Å²) in [4.78, 5) is 0. The van der Waals surface area contributed by atoms with Crippen LogP contribution in [0.15, 0.2) is 29.8 Å². The van der Waals surface area contributed by atoms with Crippen LogP contribution < -0.4 is 5.32 Å². The maximum atomic E-state index is 12.8. The second-order valence-corrected chi connectivity index (χ2v) is 4.14. The van der Waals surface area contributed by atoms with Gasteiger partial charge >= 0.3 is 6.18 Å². The molecule has 0 unspecified atom stereocenters. The molecule has 0 aliphatic carbocycles. The Kier molecular flexibility index (Phi) is 3.52. The van der Waals surface area contributed by atoms with Crippen molar-refractivity contribution in [3.63, 3.8) is 0 Å². The van der Waals surface area contributed by atoms with Crippen molar-refractivity contribution in [3.8, 4) is 0 Å². The first-order valence-corrected chi connectivity index (χ1v) is 5.64. The van der Waals surface area contributed by atoms with Gasteiger partial charge in [-0.25, -0.2) is 0 Å². The first-order valence-electron chi connectivity index (χ1n) is 5.64. The molecule has 1 aliphatic rings. The van der Waals surface area contributed by atoms with Gasteiger partial charge in [0.1, 0.15) is 0 Å². The average molecular weight is 241 g/mol. The minimum absolute atomic E-state index is 0.275. The Morgan fingerprint density at radius 3 is 2.35 bits per heavy atom. The fourth-order valence-electron chi connectivity index (χ4n) is 1.99. The molecule has 1 aliphatic heterocycles. The van der Waals surface area contributed by atoms with Gasteiger partial charge in [-0.05, 0) is 37.6 Å². The topological polar surface area (TPSA) is 12.0 Å². The lowest BCUT2D eigenvalue weighted by Crippen LogP contribution is -2.23. The lowest BCUT2D eigenvalue weighted by atomic mass is 9.99. The van der Waals surface area contributed by atoms with Crippen LogP contribution in [0, 0.1) is 0 Å². The van der Waals surface area contributed by atoms with E-state index in [1.165, 1.54) is 12.1 Å². The highest BCUT2D eigenvalue weighted by Crippen LogP contribution is 2.33. The van der Waals surface area contributed by atoms with Gasteiger partial charge in [-0.2, -0.15) is 13.2 Å². The SMILES string of the molecule is FC(F)(F)c1ccccc1C=C1CCNCC1. The average Bonchev–Trinajstić information content (AvgIpc) is 2.30. The number of hydrogen-bond donors (Lipinski definition) is 1. The van der Waals surface area contributed by atoms with Crippen LogP contribution in [-0.2, 0) is 6.18 Å². The Morgan fingerprint density at radius 2 is 1.71 bits per heavy atom. The number of nitrogens with one attached hydrogen (secondary N) is 1. The zero-order valence-electron chi connectivity index (χ0n) is 9.35. The molecule has 1 saturated heterocycles. The van der Waals surface area contributed by atoms with Crippen LogP contribution in [0.1, 0.15) is 24.0 Å². The molecule has 0 bridgehead atoms. The molecule has 92 valence electrons. The van der Waals surface area contributed by atoms with E-state index in [2.05, 4.69) is 5.32 Å². The molecule has 0 amide bonds. The van der Waals surface area contributed by atoms with Gasteiger partial charge in [0, 0.05) is 0 Å². The van der Waals surface area contributed by atoms with Gasteiger partial charge in [0.15, 0.2) is 0 Å². The van der Waals surface area contributed by atoms with Crippen LogP contribution in [0.3, 0.4) is 0 Å². The predicted molar refractivity (Wildman–Crippen MR) is 61.5 cm³/mol. The van der Waals surface area contributed by atoms with Crippen molar-refractivity contribution in [3.05, 3.63) is 41.0 Å². The summed E-state index contributed by atoms with van der Waals surface area (Å²) in [5.41, 5.74) is 0.809. The lowest BCUT2D eigenvalue weighted by molar-refractivity contribution is -0.137. The summed E-state index contributed by atoms with van der Waals surface area (Å²) < 4.78 is 38.3. The van der Waals surface area contributed by atoms with E-state index in [1.807, 2.05) is 0 Å². The maximum Gasteiger partial charge on any atom is 0.416 e. The van der Waals surface area contributed by atoms with E-state index in [1.54, 1.807) is 12.1 Å². The third-order valence-corrected chi connectivity index (χ3v) is 2.87. The van der Waals surface area contributed by atoms with Crippen molar-refractivity contribution in [2.24, 2.45) is 0 Å². The first kappa shape index (κ1) is 12.2. The number of alkyl halides is 3. The Hall–Kier alpha value is -1.29. The Bertz CT molecular complexity index is 413. The van der Waals surface area contributed by atoms with E-state index in [0.29, 0.717) is 0 Å². The summed E-state index contributed by atoms with van der Waals surface area (Å²) >= 11 is 0. The third kappa shape index (κ3) is 3.09. The monoisotopic (exact) mass is 241 g/mol. The highest BCUT2D eigenvalue weighted by molar-refractivity contribution is 5.57. The zero-order valence-corrected chi connectivity index (χ0v) is 9.35. The van der Waals surface area contributed by atoms with Crippen LogP contribution in [0.25, 0.3) is 6.08 Å². The number of halogens is 3. The van der Waals surface area contributed by atoms with E-state index in [-0.39, 0.29) is 5.56 Å². The Morgan fingerprint density at radius 1 is 1.06 bits per heavy atom. The van der Waals surface area contributed by atoms with Gasteiger partial charge in [0.25, 0.3) is 0 Å². The Labute approximate surface area is 98.3 Å². The van der Waals surface area contributed by atoms with Crippen LogP contribution in [0.2, 0.25) is 0 Å². The standard InChI is InChI=1S/C13H14F3N/c14-13(15,16)12-4-2-1-3-11(12)9-10-5-7-17-8-6-10/h1-4,9,17H,5-8H2. The third-order valence-electron chi connectivity index (χ3n) is 2.87. The normalized spacial score (nSPS) is 17.0. The Balaban J connectivity index is 2.32. The van der Waals surface area contributed by atoms with E-state index in [0.717, 1.165) is 37.6 Å². The smallest absolute Gasteiger partial charge is 0.316 e. The molecule has 1 fully saturated rings. The lowest BCUT2D eigenvalue weighted by Gasteiger charge is -2.16. The molecule has 0 radical (unpaired) electrons. The van der Waals surface area contributed by atoms with E-state index in [4.69, 9.17) is 0 Å². The molecule has 1 nitrogen and oxygen atoms in total. The molecule has 4 heteroatoms. The number of hydrogen-bond acceptors (Lipinski definition) is 1. The van der Waals surface area contributed by atoms with Crippen molar-refractivity contribution in [1.29, 1.82) is 0 Å². The van der Waals surface area contributed by atoms with Crippen molar-refractivity contribution >= 4 is 6.08 Å².